The quantitative estimate of drug-likeness (QED) is 0.889. The minimum absolute atomic E-state index is 0.105. The van der Waals surface area contributed by atoms with Crippen LogP contribution in [0.4, 0.5) is 20.2 Å². The van der Waals surface area contributed by atoms with Crippen molar-refractivity contribution in [3.8, 4) is 0 Å². The van der Waals surface area contributed by atoms with E-state index in [0.717, 1.165) is 23.5 Å². The average Bonchev–Trinajstić information content (AvgIpc) is 2.81. The summed E-state index contributed by atoms with van der Waals surface area (Å²) in [6, 6.07) is 3.41. The minimum atomic E-state index is -0.807. The Morgan fingerprint density at radius 1 is 1.33 bits per heavy atom. The van der Waals surface area contributed by atoms with Gasteiger partial charge in [-0.25, -0.2) is 8.78 Å². The van der Waals surface area contributed by atoms with Gasteiger partial charge in [-0.1, -0.05) is 13.0 Å². The van der Waals surface area contributed by atoms with Crippen molar-refractivity contribution in [3.63, 3.8) is 0 Å². The number of amides is 1. The maximum absolute atomic E-state index is 13.4. The number of carbonyl (C=O) groups is 1. The van der Waals surface area contributed by atoms with Gasteiger partial charge < -0.3 is 10.6 Å². The molecule has 7 heteroatoms. The van der Waals surface area contributed by atoms with Gasteiger partial charge in [0.05, 0.1) is 17.9 Å². The molecule has 0 fully saturated rings. The van der Waals surface area contributed by atoms with Crippen molar-refractivity contribution in [2.75, 3.05) is 17.2 Å². The summed E-state index contributed by atoms with van der Waals surface area (Å²) in [6.45, 7) is 1.84. The number of hydrogen-bond donors (Lipinski definition) is 2. The normalized spacial score (nSPS) is 10.5. The highest BCUT2D eigenvalue weighted by Gasteiger charge is 2.12. The van der Waals surface area contributed by atoms with Crippen molar-refractivity contribution < 1.29 is 13.6 Å². The van der Waals surface area contributed by atoms with E-state index in [1.54, 1.807) is 17.9 Å². The van der Waals surface area contributed by atoms with E-state index in [2.05, 4.69) is 15.7 Å². The number of anilines is 2. The molecular weight excluding hydrogens is 278 g/mol. The fourth-order valence-corrected chi connectivity index (χ4v) is 1.92. The lowest BCUT2D eigenvalue weighted by Crippen LogP contribution is -2.23. The maximum Gasteiger partial charge on any atom is 0.243 e. The second-order valence-electron chi connectivity index (χ2n) is 4.52. The molecule has 1 amide bonds. The zero-order chi connectivity index (χ0) is 15.4. The van der Waals surface area contributed by atoms with E-state index in [1.807, 2.05) is 6.92 Å². The van der Waals surface area contributed by atoms with Crippen LogP contribution in [0.25, 0.3) is 0 Å². The second-order valence-corrected chi connectivity index (χ2v) is 4.52. The molecule has 2 rings (SSSR count). The van der Waals surface area contributed by atoms with Gasteiger partial charge in [0.15, 0.2) is 0 Å². The molecule has 1 aromatic heterocycles. The van der Waals surface area contributed by atoms with Gasteiger partial charge in [0, 0.05) is 13.2 Å². The average molecular weight is 294 g/mol. The van der Waals surface area contributed by atoms with Crippen molar-refractivity contribution in [2.45, 2.75) is 13.3 Å². The molecule has 0 unspecified atom stereocenters. The number of rotatable bonds is 5. The number of halogens is 2. The van der Waals surface area contributed by atoms with Crippen molar-refractivity contribution in [3.05, 3.63) is 41.7 Å². The van der Waals surface area contributed by atoms with Gasteiger partial charge >= 0.3 is 0 Å². The Morgan fingerprint density at radius 2 is 2.00 bits per heavy atom. The summed E-state index contributed by atoms with van der Waals surface area (Å²) in [5.41, 5.74) is 1.11. The van der Waals surface area contributed by atoms with Crippen LogP contribution in [0.15, 0.2) is 24.4 Å². The third kappa shape index (κ3) is 3.56. The van der Waals surface area contributed by atoms with Crippen LogP contribution in [-0.2, 0) is 18.3 Å². The number of para-hydroxylation sites is 1. The number of benzene rings is 1. The SMILES string of the molecule is CCc1nn(C)cc1NCC(=O)Nc1c(F)cccc1F. The molecule has 5 nitrogen and oxygen atoms in total. The van der Waals surface area contributed by atoms with Crippen LogP contribution in [0.3, 0.4) is 0 Å². The fourth-order valence-electron chi connectivity index (χ4n) is 1.92. The Morgan fingerprint density at radius 3 is 2.62 bits per heavy atom. The molecule has 0 bridgehead atoms. The summed E-state index contributed by atoms with van der Waals surface area (Å²) >= 11 is 0. The Bertz CT molecular complexity index is 634. The summed E-state index contributed by atoms with van der Waals surface area (Å²) in [6.07, 6.45) is 2.46. The number of aromatic nitrogens is 2. The van der Waals surface area contributed by atoms with E-state index in [4.69, 9.17) is 0 Å². The molecule has 0 spiro atoms. The highest BCUT2D eigenvalue weighted by atomic mass is 19.1. The zero-order valence-corrected chi connectivity index (χ0v) is 11.8. The topological polar surface area (TPSA) is 59.0 Å². The van der Waals surface area contributed by atoms with Crippen LogP contribution < -0.4 is 10.6 Å². The minimum Gasteiger partial charge on any atom is -0.373 e. The van der Waals surface area contributed by atoms with E-state index >= 15 is 0 Å². The van der Waals surface area contributed by atoms with Crippen LogP contribution in [-0.4, -0.2) is 22.2 Å². The molecule has 0 aliphatic heterocycles. The Hall–Kier alpha value is -2.44. The van der Waals surface area contributed by atoms with Gasteiger partial charge in [-0.15, -0.1) is 0 Å². The van der Waals surface area contributed by atoms with Crippen molar-refractivity contribution in [2.24, 2.45) is 7.05 Å². The van der Waals surface area contributed by atoms with E-state index < -0.39 is 23.2 Å². The number of carbonyl (C=O) groups excluding carboxylic acids is 1. The van der Waals surface area contributed by atoms with Gasteiger partial charge in [0.2, 0.25) is 5.91 Å². The van der Waals surface area contributed by atoms with Gasteiger partial charge in [-0.2, -0.15) is 5.10 Å². The van der Waals surface area contributed by atoms with Crippen molar-refractivity contribution in [1.82, 2.24) is 9.78 Å². The van der Waals surface area contributed by atoms with Crippen LogP contribution in [0, 0.1) is 11.6 Å². The molecule has 2 aromatic rings. The fraction of sp³-hybridized carbons (Fsp3) is 0.286. The van der Waals surface area contributed by atoms with Crippen LogP contribution in [0.5, 0.6) is 0 Å². The predicted octanol–water partition coefficient (Wildman–Crippen LogP) is 2.31. The third-order valence-corrected chi connectivity index (χ3v) is 2.91. The Labute approximate surface area is 121 Å². The Kier molecular flexibility index (Phi) is 4.52. The first-order chi connectivity index (χ1) is 10.0. The van der Waals surface area contributed by atoms with E-state index in [9.17, 15) is 13.6 Å². The first kappa shape index (κ1) is 15.0. The first-order valence-electron chi connectivity index (χ1n) is 6.51. The number of aryl methyl sites for hydroxylation is 2. The molecule has 21 heavy (non-hydrogen) atoms. The first-order valence-corrected chi connectivity index (χ1v) is 6.51. The molecule has 0 saturated heterocycles. The number of nitrogens with zero attached hydrogens (tertiary/aromatic N) is 2. The van der Waals surface area contributed by atoms with Crippen molar-refractivity contribution >= 4 is 17.3 Å². The van der Waals surface area contributed by atoms with Crippen LogP contribution >= 0.6 is 0 Å². The lowest BCUT2D eigenvalue weighted by Gasteiger charge is -2.08. The van der Waals surface area contributed by atoms with Gasteiger partial charge in [0.1, 0.15) is 17.3 Å². The van der Waals surface area contributed by atoms with E-state index in [0.29, 0.717) is 6.42 Å². The summed E-state index contributed by atoms with van der Waals surface area (Å²) in [5, 5.41) is 9.34. The molecule has 1 heterocycles. The predicted molar refractivity (Wildman–Crippen MR) is 76.1 cm³/mol. The largest absolute Gasteiger partial charge is 0.373 e. The lowest BCUT2D eigenvalue weighted by atomic mass is 10.3. The molecule has 2 N–H and O–H groups in total. The highest BCUT2D eigenvalue weighted by molar-refractivity contribution is 5.94. The van der Waals surface area contributed by atoms with E-state index in [-0.39, 0.29) is 6.54 Å². The van der Waals surface area contributed by atoms with Crippen molar-refractivity contribution in [1.29, 1.82) is 0 Å². The summed E-state index contributed by atoms with van der Waals surface area (Å²) in [5.74, 6) is -2.15. The highest BCUT2D eigenvalue weighted by Crippen LogP contribution is 2.18. The number of hydrogen-bond acceptors (Lipinski definition) is 3. The molecule has 112 valence electrons. The number of nitrogens with one attached hydrogen (secondary N) is 2. The summed E-state index contributed by atoms with van der Waals surface area (Å²) < 4.78 is 28.4. The Balaban J connectivity index is 1.99. The molecule has 1 aromatic carbocycles. The van der Waals surface area contributed by atoms with Crippen LogP contribution in [0.2, 0.25) is 0 Å². The monoisotopic (exact) mass is 294 g/mol. The van der Waals surface area contributed by atoms with E-state index in [1.165, 1.54) is 6.07 Å². The molecular formula is C14H16F2N4O. The lowest BCUT2D eigenvalue weighted by molar-refractivity contribution is -0.114. The zero-order valence-electron chi connectivity index (χ0n) is 11.8. The third-order valence-electron chi connectivity index (χ3n) is 2.91. The molecule has 0 atom stereocenters. The standard InChI is InChI=1S/C14H16F2N4O/c1-3-11-12(8-20(2)19-11)17-7-13(21)18-14-9(15)5-4-6-10(14)16/h4-6,8,17H,3,7H2,1-2H3,(H,18,21). The maximum atomic E-state index is 13.4. The second kappa shape index (κ2) is 6.34. The van der Waals surface area contributed by atoms with Gasteiger partial charge in [0.25, 0.3) is 0 Å². The van der Waals surface area contributed by atoms with Crippen LogP contribution in [0.1, 0.15) is 12.6 Å². The van der Waals surface area contributed by atoms with Gasteiger partial charge in [-0.3, -0.25) is 9.48 Å². The molecule has 0 radical (unpaired) electrons. The summed E-state index contributed by atoms with van der Waals surface area (Å²) in [4.78, 5) is 11.8. The molecule has 0 aliphatic rings. The molecule has 0 aliphatic carbocycles. The molecule has 0 saturated carbocycles. The smallest absolute Gasteiger partial charge is 0.243 e. The summed E-state index contributed by atoms with van der Waals surface area (Å²) in [7, 11) is 1.78. The van der Waals surface area contributed by atoms with Gasteiger partial charge in [-0.05, 0) is 18.6 Å².